The van der Waals surface area contributed by atoms with Gasteiger partial charge in [-0.3, -0.25) is 14.9 Å². The molecule has 0 aromatic heterocycles. The normalized spacial score (nSPS) is 11.9. The number of carbonyl (C=O) groups is 3. The van der Waals surface area contributed by atoms with Crippen molar-refractivity contribution in [1.29, 1.82) is 0 Å². The highest BCUT2D eigenvalue weighted by molar-refractivity contribution is 5.90. The Balaban J connectivity index is 1.50. The third-order valence-electron chi connectivity index (χ3n) is 6.25. The largest absolute Gasteiger partial charge is 0.445 e. The van der Waals surface area contributed by atoms with E-state index in [-0.39, 0.29) is 30.9 Å². The molecular formula is C32H29N3O7. The molecule has 0 radical (unpaired) electrons. The van der Waals surface area contributed by atoms with Gasteiger partial charge in [0.1, 0.15) is 24.4 Å². The van der Waals surface area contributed by atoms with Crippen LogP contribution in [0.5, 0.6) is 5.75 Å². The lowest BCUT2D eigenvalue weighted by Crippen LogP contribution is -2.53. The van der Waals surface area contributed by atoms with Crippen molar-refractivity contribution in [3.05, 3.63) is 142 Å². The van der Waals surface area contributed by atoms with Crippen LogP contribution in [0.4, 0.5) is 10.5 Å². The number of hydrogen-bond acceptors (Lipinski definition) is 7. The summed E-state index contributed by atoms with van der Waals surface area (Å²) in [6.07, 6.45) is -0.541. The molecule has 0 aliphatic heterocycles. The molecule has 0 heterocycles. The van der Waals surface area contributed by atoms with Gasteiger partial charge in [-0.2, -0.15) is 0 Å². The van der Waals surface area contributed by atoms with Crippen molar-refractivity contribution >= 4 is 23.7 Å². The third kappa shape index (κ3) is 9.02. The number of rotatable bonds is 12. The number of alkyl carbamates (subject to hydrolysis) is 1. The zero-order valence-electron chi connectivity index (χ0n) is 22.6. The highest BCUT2D eigenvalue weighted by atomic mass is 16.6. The summed E-state index contributed by atoms with van der Waals surface area (Å²) >= 11 is 0. The summed E-state index contributed by atoms with van der Waals surface area (Å²) in [6, 6.07) is 30.1. The molecule has 10 nitrogen and oxygen atoms in total. The van der Waals surface area contributed by atoms with E-state index in [1.165, 1.54) is 24.3 Å². The maximum atomic E-state index is 13.6. The predicted molar refractivity (Wildman–Crippen MR) is 155 cm³/mol. The van der Waals surface area contributed by atoms with Crippen LogP contribution in [-0.2, 0) is 33.8 Å². The number of amides is 2. The molecule has 214 valence electrons. The molecule has 0 aliphatic rings. The number of esters is 1. The average molecular weight is 568 g/mol. The molecule has 4 rings (SSSR count). The molecule has 10 heteroatoms. The van der Waals surface area contributed by atoms with E-state index in [9.17, 15) is 24.5 Å². The summed E-state index contributed by atoms with van der Waals surface area (Å²) in [5.41, 5.74) is 2.18. The first-order chi connectivity index (χ1) is 20.4. The first-order valence-corrected chi connectivity index (χ1v) is 13.2. The molecule has 0 fully saturated rings. The lowest BCUT2D eigenvalue weighted by Gasteiger charge is -2.23. The molecule has 0 spiro atoms. The van der Waals surface area contributed by atoms with E-state index in [4.69, 9.17) is 9.47 Å². The van der Waals surface area contributed by atoms with Crippen LogP contribution in [0, 0.1) is 10.1 Å². The molecule has 4 aromatic rings. The standard InChI is InChI=1S/C32H29N3O7/c36-30(28(20-23-10-4-1-5-11-23)34-32(38)41-22-25-14-8-3-9-15-25)33-29(21-24-12-6-2-7-13-24)31(37)42-27-18-16-26(17-19-27)35(39)40/h1-19,28-29H,20-22H2,(H,33,36)(H,34,38)/t28?,29-/m0/s1. The van der Waals surface area contributed by atoms with Crippen molar-refractivity contribution in [2.24, 2.45) is 0 Å². The number of nitrogens with zero attached hydrogens (tertiary/aromatic N) is 1. The zero-order valence-corrected chi connectivity index (χ0v) is 22.6. The van der Waals surface area contributed by atoms with Crippen molar-refractivity contribution in [2.45, 2.75) is 31.5 Å². The van der Waals surface area contributed by atoms with Crippen LogP contribution < -0.4 is 15.4 Å². The minimum Gasteiger partial charge on any atom is -0.445 e. The Hall–Kier alpha value is -5.51. The van der Waals surface area contributed by atoms with E-state index in [1.54, 1.807) is 24.3 Å². The number of nitro groups is 1. The molecule has 1 unspecified atom stereocenters. The monoisotopic (exact) mass is 567 g/mol. The lowest BCUT2D eigenvalue weighted by atomic mass is 10.0. The van der Waals surface area contributed by atoms with Crippen molar-refractivity contribution in [3.8, 4) is 5.75 Å². The van der Waals surface area contributed by atoms with Gasteiger partial charge in [-0.1, -0.05) is 91.0 Å². The second-order valence-electron chi connectivity index (χ2n) is 9.37. The molecule has 42 heavy (non-hydrogen) atoms. The molecule has 2 N–H and O–H groups in total. The molecular weight excluding hydrogens is 538 g/mol. The predicted octanol–water partition coefficient (Wildman–Crippen LogP) is 4.77. The van der Waals surface area contributed by atoms with Gasteiger partial charge in [0.05, 0.1) is 4.92 Å². The van der Waals surface area contributed by atoms with E-state index in [2.05, 4.69) is 10.6 Å². The zero-order chi connectivity index (χ0) is 29.7. The van der Waals surface area contributed by atoms with Gasteiger partial charge in [-0.05, 0) is 28.8 Å². The Labute approximate surface area is 242 Å². The van der Waals surface area contributed by atoms with E-state index in [0.717, 1.165) is 16.7 Å². The fraction of sp³-hybridized carbons (Fsp3) is 0.156. The van der Waals surface area contributed by atoms with Crippen molar-refractivity contribution < 1.29 is 28.8 Å². The lowest BCUT2D eigenvalue weighted by molar-refractivity contribution is -0.384. The molecule has 2 amide bonds. The second kappa shape index (κ2) is 14.8. The minimum atomic E-state index is -1.13. The number of hydrogen-bond donors (Lipinski definition) is 2. The van der Waals surface area contributed by atoms with Crippen LogP contribution in [0.25, 0.3) is 0 Å². The number of nitro benzene ring substituents is 1. The second-order valence-corrected chi connectivity index (χ2v) is 9.37. The Morgan fingerprint density at radius 3 is 1.69 bits per heavy atom. The van der Waals surface area contributed by atoms with Gasteiger partial charge in [-0.15, -0.1) is 0 Å². The van der Waals surface area contributed by atoms with Crippen molar-refractivity contribution in [3.63, 3.8) is 0 Å². The molecule has 0 saturated carbocycles. The fourth-order valence-electron chi connectivity index (χ4n) is 4.10. The summed E-state index contributed by atoms with van der Waals surface area (Å²) < 4.78 is 10.8. The van der Waals surface area contributed by atoms with Crippen molar-refractivity contribution in [1.82, 2.24) is 10.6 Å². The van der Waals surface area contributed by atoms with Gasteiger partial charge in [0.2, 0.25) is 5.91 Å². The van der Waals surface area contributed by atoms with E-state index < -0.39 is 35.0 Å². The van der Waals surface area contributed by atoms with E-state index in [1.807, 2.05) is 66.7 Å². The van der Waals surface area contributed by atoms with Crippen LogP contribution in [0.2, 0.25) is 0 Å². The maximum Gasteiger partial charge on any atom is 0.408 e. The van der Waals surface area contributed by atoms with Gasteiger partial charge in [0.15, 0.2) is 0 Å². The Kier molecular flexibility index (Phi) is 10.4. The Bertz CT molecular complexity index is 1480. The third-order valence-corrected chi connectivity index (χ3v) is 6.25. The Morgan fingerprint density at radius 2 is 1.17 bits per heavy atom. The quantitative estimate of drug-likeness (QED) is 0.109. The SMILES string of the molecule is O=C(NC(Cc1ccccc1)C(=O)N[C@@H](Cc1ccccc1)C(=O)Oc1ccc([N+](=O)[O-])cc1)OCc1ccccc1. The van der Waals surface area contributed by atoms with Crippen LogP contribution in [0.15, 0.2) is 115 Å². The fourth-order valence-corrected chi connectivity index (χ4v) is 4.10. The first-order valence-electron chi connectivity index (χ1n) is 13.2. The summed E-state index contributed by atoms with van der Waals surface area (Å²) in [4.78, 5) is 49.9. The van der Waals surface area contributed by atoms with Crippen molar-refractivity contribution in [2.75, 3.05) is 0 Å². The van der Waals surface area contributed by atoms with Crippen LogP contribution in [-0.4, -0.2) is 35.0 Å². The number of carbonyl (C=O) groups excluding carboxylic acids is 3. The van der Waals surface area contributed by atoms with Crippen LogP contribution >= 0.6 is 0 Å². The molecule has 0 aliphatic carbocycles. The highest BCUT2D eigenvalue weighted by Gasteiger charge is 2.29. The number of benzene rings is 4. The first kappa shape index (κ1) is 29.5. The number of ether oxygens (including phenoxy) is 2. The topological polar surface area (TPSA) is 137 Å². The average Bonchev–Trinajstić information content (AvgIpc) is 3.01. The van der Waals surface area contributed by atoms with Gasteiger partial charge in [-0.25, -0.2) is 9.59 Å². The summed E-state index contributed by atoms with van der Waals surface area (Å²) in [7, 11) is 0. The van der Waals surface area contributed by atoms with E-state index >= 15 is 0 Å². The minimum absolute atomic E-state index is 0.0184. The van der Waals surface area contributed by atoms with E-state index in [0.29, 0.717) is 0 Å². The summed E-state index contributed by atoms with van der Waals surface area (Å²) in [6.45, 7) is 0.0184. The molecule has 4 aromatic carbocycles. The molecule has 0 bridgehead atoms. The molecule has 2 atom stereocenters. The van der Waals surface area contributed by atoms with Gasteiger partial charge < -0.3 is 20.1 Å². The summed E-state index contributed by atoms with van der Waals surface area (Å²) in [5.74, 6) is -1.30. The molecule has 0 saturated heterocycles. The van der Waals surface area contributed by atoms with Gasteiger partial charge >= 0.3 is 12.1 Å². The number of non-ortho nitro benzene ring substituents is 1. The summed E-state index contributed by atoms with van der Waals surface area (Å²) in [5, 5.41) is 16.3. The number of nitrogens with one attached hydrogen (secondary N) is 2. The van der Waals surface area contributed by atoms with Gasteiger partial charge in [0, 0.05) is 25.0 Å². The smallest absolute Gasteiger partial charge is 0.408 e. The highest BCUT2D eigenvalue weighted by Crippen LogP contribution is 2.18. The maximum absolute atomic E-state index is 13.6. The van der Waals surface area contributed by atoms with Crippen LogP contribution in [0.3, 0.4) is 0 Å². The Morgan fingerprint density at radius 1 is 0.667 bits per heavy atom. The van der Waals surface area contributed by atoms with Gasteiger partial charge in [0.25, 0.3) is 5.69 Å². The van der Waals surface area contributed by atoms with Crippen LogP contribution in [0.1, 0.15) is 16.7 Å².